The van der Waals surface area contributed by atoms with E-state index in [1.165, 1.54) is 0 Å². The van der Waals surface area contributed by atoms with Crippen LogP contribution in [0, 0.1) is 0 Å². The number of aromatic nitrogens is 3. The maximum atomic E-state index is 11.9. The molecule has 0 radical (unpaired) electrons. The number of hydrogen-bond donors (Lipinski definition) is 2. The van der Waals surface area contributed by atoms with Crippen molar-refractivity contribution in [2.24, 2.45) is 7.05 Å². The first-order valence-electron chi connectivity index (χ1n) is 6.86. The maximum Gasteiger partial charge on any atom is 0.320 e. The highest BCUT2D eigenvalue weighted by molar-refractivity contribution is 6.30. The smallest absolute Gasteiger partial charge is 0.320 e. The molecule has 1 aromatic carbocycles. The summed E-state index contributed by atoms with van der Waals surface area (Å²) in [7, 11) is 1.81. The van der Waals surface area contributed by atoms with Crippen molar-refractivity contribution >= 4 is 23.4 Å². The number of rotatable bonds is 4. The zero-order valence-electron chi connectivity index (χ0n) is 12.3. The van der Waals surface area contributed by atoms with Crippen LogP contribution in [0.5, 0.6) is 0 Å². The van der Waals surface area contributed by atoms with E-state index in [4.69, 9.17) is 16.1 Å². The van der Waals surface area contributed by atoms with Crippen molar-refractivity contribution in [3.63, 3.8) is 0 Å². The molecule has 2 aromatic heterocycles. The van der Waals surface area contributed by atoms with E-state index >= 15 is 0 Å². The van der Waals surface area contributed by atoms with Crippen LogP contribution in [-0.2, 0) is 13.6 Å². The van der Waals surface area contributed by atoms with Crippen LogP contribution >= 0.6 is 11.6 Å². The maximum absolute atomic E-state index is 11.9. The summed E-state index contributed by atoms with van der Waals surface area (Å²) < 4.78 is 6.90. The van der Waals surface area contributed by atoms with Crippen molar-refractivity contribution < 1.29 is 9.32 Å². The lowest BCUT2D eigenvalue weighted by Crippen LogP contribution is -2.29. The minimum absolute atomic E-state index is 0.322. The molecule has 0 saturated heterocycles. The molecular formula is C15H14ClN5O2. The number of nitrogens with zero attached hydrogens (tertiary/aromatic N) is 3. The van der Waals surface area contributed by atoms with Gasteiger partial charge in [0.25, 0.3) is 0 Å². The van der Waals surface area contributed by atoms with Gasteiger partial charge < -0.3 is 9.84 Å². The molecule has 2 heterocycles. The van der Waals surface area contributed by atoms with Crippen molar-refractivity contribution in [2.75, 3.05) is 5.32 Å². The third-order valence-electron chi connectivity index (χ3n) is 3.21. The fraction of sp³-hybridized carbons (Fsp3) is 0.133. The Morgan fingerprint density at radius 3 is 2.96 bits per heavy atom. The Kier molecular flexibility index (Phi) is 4.29. The Balaban J connectivity index is 1.60. The zero-order chi connectivity index (χ0) is 16.2. The van der Waals surface area contributed by atoms with E-state index < -0.39 is 0 Å². The molecule has 0 atom stereocenters. The van der Waals surface area contributed by atoms with Gasteiger partial charge in [0.1, 0.15) is 0 Å². The molecule has 2 amide bonds. The van der Waals surface area contributed by atoms with Crippen LogP contribution in [0.3, 0.4) is 0 Å². The van der Waals surface area contributed by atoms with Gasteiger partial charge in [-0.05, 0) is 18.2 Å². The number of carbonyl (C=O) groups excluding carboxylic acids is 1. The number of halogens is 1. The zero-order valence-corrected chi connectivity index (χ0v) is 13.0. The predicted molar refractivity (Wildman–Crippen MR) is 86.0 cm³/mol. The Morgan fingerprint density at radius 2 is 2.22 bits per heavy atom. The first-order chi connectivity index (χ1) is 11.1. The highest BCUT2D eigenvalue weighted by atomic mass is 35.5. The summed E-state index contributed by atoms with van der Waals surface area (Å²) in [5.41, 5.74) is 1.67. The Hall–Kier alpha value is -2.80. The third kappa shape index (κ3) is 3.70. The standard InChI is InChI=1S/C15H14ClN5O2/c1-21-12(5-6-18-21)9-17-15(22)19-14-8-13(23-20-14)10-3-2-4-11(16)7-10/h2-8H,9H2,1H3,(H2,17,19,20,22). The number of amides is 2. The van der Waals surface area contributed by atoms with Crippen LogP contribution in [0.1, 0.15) is 5.69 Å². The van der Waals surface area contributed by atoms with E-state index in [1.54, 1.807) is 29.1 Å². The molecule has 8 heteroatoms. The molecule has 0 unspecified atom stereocenters. The van der Waals surface area contributed by atoms with Gasteiger partial charge in [0.15, 0.2) is 11.6 Å². The van der Waals surface area contributed by atoms with Crippen molar-refractivity contribution in [1.82, 2.24) is 20.3 Å². The molecule has 0 aliphatic carbocycles. The average molecular weight is 332 g/mol. The predicted octanol–water partition coefficient (Wildman–Crippen LogP) is 3.05. The number of nitrogens with one attached hydrogen (secondary N) is 2. The summed E-state index contributed by atoms with van der Waals surface area (Å²) in [4.78, 5) is 11.9. The van der Waals surface area contributed by atoms with Crippen LogP contribution < -0.4 is 10.6 Å². The number of anilines is 1. The lowest BCUT2D eigenvalue weighted by atomic mass is 10.2. The second-order valence-electron chi connectivity index (χ2n) is 4.84. The molecular weight excluding hydrogens is 318 g/mol. The Bertz CT molecular complexity index is 827. The largest absolute Gasteiger partial charge is 0.354 e. The SMILES string of the molecule is Cn1nccc1CNC(=O)Nc1cc(-c2cccc(Cl)c2)on1. The van der Waals surface area contributed by atoms with Crippen LogP contribution in [-0.4, -0.2) is 21.0 Å². The fourth-order valence-corrected chi connectivity index (χ4v) is 2.21. The molecule has 2 N–H and O–H groups in total. The summed E-state index contributed by atoms with van der Waals surface area (Å²) in [5, 5.41) is 13.8. The third-order valence-corrected chi connectivity index (χ3v) is 3.45. The number of urea groups is 1. The van der Waals surface area contributed by atoms with Crippen molar-refractivity contribution in [2.45, 2.75) is 6.54 Å². The van der Waals surface area contributed by atoms with Crippen LogP contribution in [0.4, 0.5) is 10.6 Å². The van der Waals surface area contributed by atoms with E-state index in [1.807, 2.05) is 25.2 Å². The molecule has 23 heavy (non-hydrogen) atoms. The summed E-state index contributed by atoms with van der Waals surface area (Å²) >= 11 is 5.94. The summed E-state index contributed by atoms with van der Waals surface area (Å²) in [6.45, 7) is 0.362. The van der Waals surface area contributed by atoms with E-state index in [9.17, 15) is 4.79 Å². The van der Waals surface area contributed by atoms with Gasteiger partial charge in [-0.15, -0.1) is 0 Å². The first-order valence-corrected chi connectivity index (χ1v) is 7.24. The monoisotopic (exact) mass is 331 g/mol. The molecule has 0 aliphatic heterocycles. The topological polar surface area (TPSA) is 85.0 Å². The quantitative estimate of drug-likeness (QED) is 0.769. The lowest BCUT2D eigenvalue weighted by Gasteiger charge is -2.05. The van der Waals surface area contributed by atoms with Crippen LogP contribution in [0.25, 0.3) is 11.3 Å². The highest BCUT2D eigenvalue weighted by Gasteiger charge is 2.10. The minimum Gasteiger partial charge on any atom is -0.354 e. The van der Waals surface area contributed by atoms with Gasteiger partial charge in [-0.1, -0.05) is 28.9 Å². The number of carbonyl (C=O) groups is 1. The van der Waals surface area contributed by atoms with Gasteiger partial charge in [0, 0.05) is 29.9 Å². The van der Waals surface area contributed by atoms with Crippen LogP contribution in [0.15, 0.2) is 47.1 Å². The van der Waals surface area contributed by atoms with Crippen molar-refractivity contribution in [1.29, 1.82) is 0 Å². The fourth-order valence-electron chi connectivity index (χ4n) is 2.02. The number of aryl methyl sites for hydroxylation is 1. The normalized spacial score (nSPS) is 10.5. The van der Waals surface area contributed by atoms with Crippen molar-refractivity contribution in [3.05, 3.63) is 53.3 Å². The summed E-state index contributed by atoms with van der Waals surface area (Å²) in [6.07, 6.45) is 1.67. The van der Waals surface area contributed by atoms with E-state index in [0.29, 0.717) is 23.1 Å². The van der Waals surface area contributed by atoms with Gasteiger partial charge in [0.2, 0.25) is 0 Å². The van der Waals surface area contributed by atoms with Crippen LogP contribution in [0.2, 0.25) is 5.02 Å². The molecule has 118 valence electrons. The molecule has 0 bridgehead atoms. The second-order valence-corrected chi connectivity index (χ2v) is 5.28. The lowest BCUT2D eigenvalue weighted by molar-refractivity contribution is 0.251. The number of benzene rings is 1. The molecule has 3 rings (SSSR count). The first kappa shape index (κ1) is 15.1. The van der Waals surface area contributed by atoms with E-state index in [-0.39, 0.29) is 6.03 Å². The van der Waals surface area contributed by atoms with Gasteiger partial charge in [0.05, 0.1) is 12.2 Å². The van der Waals surface area contributed by atoms with Gasteiger partial charge in [-0.25, -0.2) is 4.79 Å². The molecule has 0 spiro atoms. The summed E-state index contributed by atoms with van der Waals surface area (Å²) in [5.74, 6) is 0.844. The van der Waals surface area contributed by atoms with Gasteiger partial charge >= 0.3 is 6.03 Å². The molecule has 3 aromatic rings. The summed E-state index contributed by atoms with van der Waals surface area (Å²) in [6, 6.07) is 10.3. The Labute approximate surface area is 137 Å². The number of hydrogen-bond acceptors (Lipinski definition) is 4. The highest BCUT2D eigenvalue weighted by Crippen LogP contribution is 2.24. The average Bonchev–Trinajstić information content (AvgIpc) is 3.14. The molecule has 0 fully saturated rings. The minimum atomic E-state index is -0.378. The molecule has 0 aliphatic rings. The van der Waals surface area contributed by atoms with E-state index in [2.05, 4.69) is 20.9 Å². The molecule has 7 nitrogen and oxygen atoms in total. The molecule has 0 saturated carbocycles. The van der Waals surface area contributed by atoms with E-state index in [0.717, 1.165) is 11.3 Å². The van der Waals surface area contributed by atoms with Gasteiger partial charge in [-0.3, -0.25) is 10.00 Å². The second kappa shape index (κ2) is 6.53. The Morgan fingerprint density at radius 1 is 1.35 bits per heavy atom. The van der Waals surface area contributed by atoms with Gasteiger partial charge in [-0.2, -0.15) is 5.10 Å². The van der Waals surface area contributed by atoms with Crippen molar-refractivity contribution in [3.8, 4) is 11.3 Å².